The zero-order valence-electron chi connectivity index (χ0n) is 15.5. The third kappa shape index (κ3) is 5.20. The number of rotatable bonds is 7. The maximum atomic E-state index is 12.2. The molecule has 3 amide bonds. The van der Waals surface area contributed by atoms with Crippen molar-refractivity contribution in [1.82, 2.24) is 10.3 Å². The normalized spacial score (nSPS) is 11.6. The fourth-order valence-electron chi connectivity index (χ4n) is 2.78. The number of anilines is 1. The standard InChI is InChI=1S/C21H22N4O3/c1-14(15-7-9-17(10-8-15)25-21(22)27)24-19(26)11-12-20-23-13-18(28-20)16-5-3-2-4-6-16/h2-10,13-14H,11-12H2,1H3,(H,24,26)(H3,22,25,27)/t14-/m1/s1. The molecule has 2 aromatic carbocycles. The van der Waals surface area contributed by atoms with Crippen LogP contribution in [-0.2, 0) is 11.2 Å². The van der Waals surface area contributed by atoms with Gasteiger partial charge in [-0.05, 0) is 24.6 Å². The van der Waals surface area contributed by atoms with E-state index in [-0.39, 0.29) is 18.4 Å². The van der Waals surface area contributed by atoms with Gasteiger partial charge in [-0.2, -0.15) is 0 Å². The van der Waals surface area contributed by atoms with Crippen molar-refractivity contribution >= 4 is 17.6 Å². The maximum Gasteiger partial charge on any atom is 0.316 e. The second kappa shape index (κ2) is 8.85. The Morgan fingerprint density at radius 1 is 1.11 bits per heavy atom. The van der Waals surface area contributed by atoms with Crippen LogP contribution in [0.3, 0.4) is 0 Å². The number of aryl methyl sites for hydroxylation is 1. The Labute approximate surface area is 163 Å². The molecule has 1 heterocycles. The van der Waals surface area contributed by atoms with Crippen LogP contribution in [0.25, 0.3) is 11.3 Å². The summed E-state index contributed by atoms with van der Waals surface area (Å²) in [6.07, 6.45) is 2.38. The lowest BCUT2D eigenvalue weighted by Gasteiger charge is -2.14. The highest BCUT2D eigenvalue weighted by Crippen LogP contribution is 2.20. The molecule has 4 N–H and O–H groups in total. The number of oxazole rings is 1. The van der Waals surface area contributed by atoms with E-state index >= 15 is 0 Å². The van der Waals surface area contributed by atoms with Crippen LogP contribution in [0, 0.1) is 0 Å². The molecule has 144 valence electrons. The molecule has 28 heavy (non-hydrogen) atoms. The topological polar surface area (TPSA) is 110 Å². The highest BCUT2D eigenvalue weighted by atomic mass is 16.4. The number of carbonyl (C=O) groups excluding carboxylic acids is 2. The van der Waals surface area contributed by atoms with Gasteiger partial charge in [0.15, 0.2) is 11.7 Å². The second-order valence-corrected chi connectivity index (χ2v) is 6.38. The van der Waals surface area contributed by atoms with Crippen LogP contribution in [0.1, 0.15) is 30.8 Å². The largest absolute Gasteiger partial charge is 0.441 e. The molecule has 0 unspecified atom stereocenters. The molecule has 0 saturated carbocycles. The molecule has 3 aromatic rings. The van der Waals surface area contributed by atoms with E-state index < -0.39 is 6.03 Å². The summed E-state index contributed by atoms with van der Waals surface area (Å²) in [5, 5.41) is 5.44. The van der Waals surface area contributed by atoms with Crippen LogP contribution in [-0.4, -0.2) is 16.9 Å². The quantitative estimate of drug-likeness (QED) is 0.583. The number of aromatic nitrogens is 1. The van der Waals surface area contributed by atoms with Gasteiger partial charge in [0.05, 0.1) is 12.2 Å². The third-order valence-corrected chi connectivity index (χ3v) is 4.23. The lowest BCUT2D eigenvalue weighted by atomic mass is 10.1. The number of primary amides is 1. The van der Waals surface area contributed by atoms with Gasteiger partial charge in [0.2, 0.25) is 5.91 Å². The van der Waals surface area contributed by atoms with Gasteiger partial charge in [-0.15, -0.1) is 0 Å². The number of nitrogens with one attached hydrogen (secondary N) is 2. The zero-order chi connectivity index (χ0) is 19.9. The summed E-state index contributed by atoms with van der Waals surface area (Å²) >= 11 is 0. The lowest BCUT2D eigenvalue weighted by molar-refractivity contribution is -0.121. The van der Waals surface area contributed by atoms with E-state index in [4.69, 9.17) is 10.2 Å². The first-order valence-corrected chi connectivity index (χ1v) is 8.97. The van der Waals surface area contributed by atoms with E-state index in [2.05, 4.69) is 15.6 Å². The van der Waals surface area contributed by atoms with Crippen LogP contribution in [0.4, 0.5) is 10.5 Å². The molecular weight excluding hydrogens is 356 g/mol. The Kier molecular flexibility index (Phi) is 6.06. The molecule has 1 aromatic heterocycles. The van der Waals surface area contributed by atoms with E-state index in [1.165, 1.54) is 0 Å². The number of benzene rings is 2. The van der Waals surface area contributed by atoms with Crippen molar-refractivity contribution in [3.8, 4) is 11.3 Å². The fourth-order valence-corrected chi connectivity index (χ4v) is 2.78. The summed E-state index contributed by atoms with van der Waals surface area (Å²) in [6, 6.07) is 16.1. The molecule has 0 radical (unpaired) electrons. The lowest BCUT2D eigenvalue weighted by Crippen LogP contribution is -2.26. The average molecular weight is 378 g/mol. The Morgan fingerprint density at radius 3 is 2.50 bits per heavy atom. The zero-order valence-corrected chi connectivity index (χ0v) is 15.5. The molecule has 0 aliphatic heterocycles. The minimum atomic E-state index is -0.615. The van der Waals surface area contributed by atoms with E-state index in [0.29, 0.717) is 23.8 Å². The van der Waals surface area contributed by atoms with Gasteiger partial charge in [0, 0.05) is 24.1 Å². The number of carbonyl (C=O) groups is 2. The van der Waals surface area contributed by atoms with Gasteiger partial charge in [-0.25, -0.2) is 9.78 Å². The van der Waals surface area contributed by atoms with Gasteiger partial charge < -0.3 is 20.8 Å². The van der Waals surface area contributed by atoms with E-state index in [0.717, 1.165) is 11.1 Å². The monoisotopic (exact) mass is 378 g/mol. The minimum absolute atomic E-state index is 0.0914. The summed E-state index contributed by atoms with van der Waals surface area (Å²) in [5.74, 6) is 1.13. The summed E-state index contributed by atoms with van der Waals surface area (Å²) in [7, 11) is 0. The number of hydrogen-bond donors (Lipinski definition) is 3. The highest BCUT2D eigenvalue weighted by molar-refractivity contribution is 5.87. The van der Waals surface area contributed by atoms with Crippen molar-refractivity contribution in [2.75, 3.05) is 5.32 Å². The first-order valence-electron chi connectivity index (χ1n) is 8.97. The fraction of sp³-hybridized carbons (Fsp3) is 0.190. The van der Waals surface area contributed by atoms with Crippen LogP contribution in [0.15, 0.2) is 65.2 Å². The number of amides is 3. The molecule has 0 fully saturated rings. The Balaban J connectivity index is 1.50. The van der Waals surface area contributed by atoms with Gasteiger partial charge in [-0.3, -0.25) is 4.79 Å². The molecule has 0 spiro atoms. The van der Waals surface area contributed by atoms with E-state index in [9.17, 15) is 9.59 Å². The maximum absolute atomic E-state index is 12.2. The second-order valence-electron chi connectivity index (χ2n) is 6.38. The summed E-state index contributed by atoms with van der Waals surface area (Å²) < 4.78 is 5.72. The summed E-state index contributed by atoms with van der Waals surface area (Å²) in [6.45, 7) is 1.90. The highest BCUT2D eigenvalue weighted by Gasteiger charge is 2.12. The van der Waals surface area contributed by atoms with Crippen LogP contribution in [0.2, 0.25) is 0 Å². The van der Waals surface area contributed by atoms with Gasteiger partial charge in [0.1, 0.15) is 0 Å². The molecule has 0 saturated heterocycles. The average Bonchev–Trinajstić information content (AvgIpc) is 3.16. The Hall–Kier alpha value is -3.61. The Morgan fingerprint density at radius 2 is 1.82 bits per heavy atom. The minimum Gasteiger partial charge on any atom is -0.441 e. The van der Waals surface area contributed by atoms with Crippen molar-refractivity contribution < 1.29 is 14.0 Å². The number of nitrogens with zero attached hydrogens (tertiary/aromatic N) is 1. The van der Waals surface area contributed by atoms with Crippen molar-refractivity contribution in [3.63, 3.8) is 0 Å². The molecule has 7 nitrogen and oxygen atoms in total. The van der Waals surface area contributed by atoms with Gasteiger partial charge >= 0.3 is 6.03 Å². The van der Waals surface area contributed by atoms with E-state index in [1.807, 2.05) is 49.4 Å². The number of urea groups is 1. The molecule has 3 rings (SSSR count). The molecule has 7 heteroatoms. The molecule has 0 bridgehead atoms. The van der Waals surface area contributed by atoms with Crippen LogP contribution in [0.5, 0.6) is 0 Å². The van der Waals surface area contributed by atoms with Crippen molar-refractivity contribution in [2.45, 2.75) is 25.8 Å². The SMILES string of the molecule is C[C@@H](NC(=O)CCc1ncc(-c2ccccc2)o1)c1ccc(NC(N)=O)cc1. The molecule has 0 aliphatic rings. The smallest absolute Gasteiger partial charge is 0.316 e. The summed E-state index contributed by atoms with van der Waals surface area (Å²) in [5.41, 5.74) is 7.56. The van der Waals surface area contributed by atoms with Crippen molar-refractivity contribution in [1.29, 1.82) is 0 Å². The van der Waals surface area contributed by atoms with Crippen molar-refractivity contribution in [3.05, 3.63) is 72.2 Å². The molecule has 1 atom stereocenters. The van der Waals surface area contributed by atoms with Gasteiger partial charge in [-0.1, -0.05) is 42.5 Å². The third-order valence-electron chi connectivity index (χ3n) is 4.23. The first kappa shape index (κ1) is 19.2. The number of hydrogen-bond acceptors (Lipinski definition) is 4. The van der Waals surface area contributed by atoms with Gasteiger partial charge in [0.25, 0.3) is 0 Å². The predicted molar refractivity (Wildman–Crippen MR) is 106 cm³/mol. The van der Waals surface area contributed by atoms with E-state index in [1.54, 1.807) is 18.3 Å². The van der Waals surface area contributed by atoms with Crippen LogP contribution >= 0.6 is 0 Å². The molecule has 0 aliphatic carbocycles. The first-order chi connectivity index (χ1) is 13.5. The number of nitrogens with two attached hydrogens (primary N) is 1. The predicted octanol–water partition coefficient (Wildman–Crippen LogP) is 3.64. The molecular formula is C21H22N4O3. The Bertz CT molecular complexity index is 936. The van der Waals surface area contributed by atoms with Crippen molar-refractivity contribution in [2.24, 2.45) is 5.73 Å². The van der Waals surface area contributed by atoms with Crippen LogP contribution < -0.4 is 16.4 Å². The summed E-state index contributed by atoms with van der Waals surface area (Å²) in [4.78, 5) is 27.3.